The molecular formula is C10H21N3O2S. The van der Waals surface area contributed by atoms with Gasteiger partial charge in [-0.15, -0.1) is 0 Å². The maximum atomic E-state index is 12.3. The number of hydrogen-bond acceptors (Lipinski definition) is 3. The summed E-state index contributed by atoms with van der Waals surface area (Å²) in [6, 6.07) is -0.0143. The van der Waals surface area contributed by atoms with Gasteiger partial charge in [-0.1, -0.05) is 13.3 Å². The van der Waals surface area contributed by atoms with Crippen LogP contribution in [0.25, 0.3) is 0 Å². The largest absolute Gasteiger partial charge is 0.326 e. The van der Waals surface area contributed by atoms with E-state index in [-0.39, 0.29) is 12.0 Å². The topological polar surface area (TPSA) is 66.6 Å². The molecule has 2 saturated heterocycles. The zero-order chi connectivity index (χ0) is 11.8. The van der Waals surface area contributed by atoms with Gasteiger partial charge in [0.25, 0.3) is 10.2 Å². The minimum atomic E-state index is -3.24. The molecule has 0 aliphatic carbocycles. The molecule has 0 aromatic rings. The van der Waals surface area contributed by atoms with E-state index >= 15 is 0 Å². The number of rotatable bonds is 2. The van der Waals surface area contributed by atoms with E-state index in [0.717, 1.165) is 19.3 Å². The van der Waals surface area contributed by atoms with Crippen molar-refractivity contribution in [1.29, 1.82) is 0 Å². The summed E-state index contributed by atoms with van der Waals surface area (Å²) in [5.41, 5.74) is 5.87. The molecule has 0 aromatic carbocycles. The van der Waals surface area contributed by atoms with E-state index in [1.54, 1.807) is 8.61 Å². The van der Waals surface area contributed by atoms with Gasteiger partial charge in [0.2, 0.25) is 0 Å². The third-order valence-corrected chi connectivity index (χ3v) is 5.57. The first-order chi connectivity index (χ1) is 7.51. The van der Waals surface area contributed by atoms with Gasteiger partial charge >= 0.3 is 0 Å². The van der Waals surface area contributed by atoms with Crippen molar-refractivity contribution in [2.75, 3.05) is 26.2 Å². The van der Waals surface area contributed by atoms with Crippen LogP contribution in [0, 0.1) is 5.92 Å². The molecule has 5 nitrogen and oxygen atoms in total. The molecule has 2 atom stereocenters. The molecule has 94 valence electrons. The average molecular weight is 247 g/mol. The molecule has 16 heavy (non-hydrogen) atoms. The van der Waals surface area contributed by atoms with Crippen molar-refractivity contribution in [2.24, 2.45) is 11.7 Å². The van der Waals surface area contributed by atoms with Gasteiger partial charge in [0.15, 0.2) is 0 Å². The predicted molar refractivity (Wildman–Crippen MR) is 63.1 cm³/mol. The molecule has 2 aliphatic heterocycles. The van der Waals surface area contributed by atoms with Gasteiger partial charge in [-0.25, -0.2) is 0 Å². The highest BCUT2D eigenvalue weighted by Gasteiger charge is 2.38. The minimum Gasteiger partial charge on any atom is -0.326 e. The summed E-state index contributed by atoms with van der Waals surface area (Å²) < 4.78 is 27.7. The van der Waals surface area contributed by atoms with Crippen LogP contribution in [0.3, 0.4) is 0 Å². The Kier molecular flexibility index (Phi) is 3.53. The Morgan fingerprint density at radius 2 is 1.69 bits per heavy atom. The lowest BCUT2D eigenvalue weighted by Crippen LogP contribution is -2.45. The smallest absolute Gasteiger partial charge is 0.282 e. The fourth-order valence-electron chi connectivity index (χ4n) is 2.39. The van der Waals surface area contributed by atoms with Crippen molar-refractivity contribution in [2.45, 2.75) is 32.2 Å². The molecule has 0 saturated carbocycles. The second-order valence-electron chi connectivity index (χ2n) is 4.93. The summed E-state index contributed by atoms with van der Waals surface area (Å²) in [6.07, 6.45) is 3.10. The van der Waals surface area contributed by atoms with Gasteiger partial charge in [0.05, 0.1) is 0 Å². The van der Waals surface area contributed by atoms with Gasteiger partial charge in [-0.05, 0) is 18.8 Å². The summed E-state index contributed by atoms with van der Waals surface area (Å²) >= 11 is 0. The summed E-state index contributed by atoms with van der Waals surface area (Å²) in [7, 11) is -3.24. The van der Waals surface area contributed by atoms with Gasteiger partial charge < -0.3 is 5.73 Å². The average Bonchev–Trinajstić information content (AvgIpc) is 2.61. The highest BCUT2D eigenvalue weighted by atomic mass is 32.2. The van der Waals surface area contributed by atoms with E-state index in [2.05, 4.69) is 0 Å². The van der Waals surface area contributed by atoms with Gasteiger partial charge in [0.1, 0.15) is 0 Å². The van der Waals surface area contributed by atoms with Crippen LogP contribution in [-0.2, 0) is 10.2 Å². The van der Waals surface area contributed by atoms with Crippen LogP contribution in [0.1, 0.15) is 26.2 Å². The fraction of sp³-hybridized carbons (Fsp3) is 1.00. The first-order valence-electron chi connectivity index (χ1n) is 6.02. The normalized spacial score (nSPS) is 34.4. The molecule has 2 heterocycles. The highest BCUT2D eigenvalue weighted by Crippen LogP contribution is 2.22. The molecular weight excluding hydrogens is 226 g/mol. The summed E-state index contributed by atoms with van der Waals surface area (Å²) in [5, 5.41) is 0. The quantitative estimate of drug-likeness (QED) is 0.746. The van der Waals surface area contributed by atoms with Crippen molar-refractivity contribution < 1.29 is 8.42 Å². The number of nitrogens with zero attached hydrogens (tertiary/aromatic N) is 2. The SMILES string of the molecule is CC1CN(S(=O)(=O)N2CCCCC2)CC1N. The Hall–Kier alpha value is -0.170. The Balaban J connectivity index is 2.07. The van der Waals surface area contributed by atoms with Crippen LogP contribution < -0.4 is 5.73 Å². The molecule has 2 N–H and O–H groups in total. The van der Waals surface area contributed by atoms with E-state index in [1.807, 2.05) is 6.92 Å². The maximum absolute atomic E-state index is 12.3. The maximum Gasteiger partial charge on any atom is 0.282 e. The van der Waals surface area contributed by atoms with E-state index in [9.17, 15) is 8.42 Å². The Bertz CT molecular complexity index is 328. The van der Waals surface area contributed by atoms with Gasteiger partial charge in [-0.2, -0.15) is 17.0 Å². The first-order valence-corrected chi connectivity index (χ1v) is 7.42. The third-order valence-electron chi connectivity index (χ3n) is 3.60. The van der Waals surface area contributed by atoms with Crippen LogP contribution in [0.4, 0.5) is 0 Å². The van der Waals surface area contributed by atoms with E-state index in [1.165, 1.54) is 0 Å². The molecule has 0 bridgehead atoms. The van der Waals surface area contributed by atoms with Gasteiger partial charge in [-0.3, -0.25) is 0 Å². The van der Waals surface area contributed by atoms with Crippen molar-refractivity contribution in [1.82, 2.24) is 8.61 Å². The number of nitrogens with two attached hydrogens (primary N) is 1. The second-order valence-corrected chi connectivity index (χ2v) is 6.85. The van der Waals surface area contributed by atoms with Crippen LogP contribution in [-0.4, -0.2) is 49.2 Å². The van der Waals surface area contributed by atoms with Gasteiger partial charge in [0, 0.05) is 32.2 Å². The lowest BCUT2D eigenvalue weighted by Gasteiger charge is -2.30. The van der Waals surface area contributed by atoms with Crippen molar-refractivity contribution >= 4 is 10.2 Å². The second kappa shape index (κ2) is 4.60. The zero-order valence-corrected chi connectivity index (χ0v) is 10.6. The number of piperidine rings is 1. The summed E-state index contributed by atoms with van der Waals surface area (Å²) in [4.78, 5) is 0. The molecule has 2 rings (SSSR count). The van der Waals surface area contributed by atoms with Crippen LogP contribution >= 0.6 is 0 Å². The van der Waals surface area contributed by atoms with Crippen LogP contribution in [0.15, 0.2) is 0 Å². The standard InChI is InChI=1S/C10H21N3O2S/c1-9-7-13(8-10(9)11)16(14,15)12-5-3-2-4-6-12/h9-10H,2-8,11H2,1H3. The monoisotopic (exact) mass is 247 g/mol. The van der Waals surface area contributed by atoms with Crippen LogP contribution in [0.5, 0.6) is 0 Å². The van der Waals surface area contributed by atoms with Crippen LogP contribution in [0.2, 0.25) is 0 Å². The summed E-state index contributed by atoms with van der Waals surface area (Å²) in [6.45, 7) is 4.39. The summed E-state index contributed by atoms with van der Waals surface area (Å²) in [5.74, 6) is 0.263. The molecule has 0 amide bonds. The minimum absolute atomic E-state index is 0.0143. The predicted octanol–water partition coefficient (Wildman–Crippen LogP) is -0.00390. The third kappa shape index (κ3) is 2.25. The molecule has 0 radical (unpaired) electrons. The Morgan fingerprint density at radius 3 is 2.19 bits per heavy atom. The van der Waals surface area contributed by atoms with E-state index < -0.39 is 10.2 Å². The molecule has 6 heteroatoms. The Morgan fingerprint density at radius 1 is 1.06 bits per heavy atom. The molecule has 0 spiro atoms. The van der Waals surface area contributed by atoms with E-state index in [0.29, 0.717) is 26.2 Å². The zero-order valence-electron chi connectivity index (χ0n) is 9.80. The van der Waals surface area contributed by atoms with E-state index in [4.69, 9.17) is 5.73 Å². The highest BCUT2D eigenvalue weighted by molar-refractivity contribution is 7.86. The number of hydrogen-bond donors (Lipinski definition) is 1. The van der Waals surface area contributed by atoms with Crippen molar-refractivity contribution in [3.63, 3.8) is 0 Å². The van der Waals surface area contributed by atoms with Crippen molar-refractivity contribution in [3.05, 3.63) is 0 Å². The van der Waals surface area contributed by atoms with Crippen molar-refractivity contribution in [3.8, 4) is 0 Å². The molecule has 2 aliphatic rings. The molecule has 0 aromatic heterocycles. The lowest BCUT2D eigenvalue weighted by molar-refractivity contribution is 0.314. The first kappa shape index (κ1) is 12.3. The molecule has 2 unspecified atom stereocenters. The fourth-order valence-corrected chi connectivity index (χ4v) is 4.22. The molecule has 2 fully saturated rings. The lowest BCUT2D eigenvalue weighted by atomic mass is 10.1. The Labute approximate surface area is 97.8 Å².